The number of fused-ring (bicyclic) bond motifs is 5. The van der Waals surface area contributed by atoms with Crippen molar-refractivity contribution in [1.82, 2.24) is 5.32 Å². The molecule has 0 bridgehead atoms. The molecule has 3 N–H and O–H groups in total. The molecule has 0 aliphatic carbocycles. The highest BCUT2D eigenvalue weighted by atomic mass is 14.9. The molecule has 1 atom stereocenters. The summed E-state index contributed by atoms with van der Waals surface area (Å²) in [4.78, 5) is 0. The lowest BCUT2D eigenvalue weighted by atomic mass is 9.92. The molecular weight excluding hydrogens is 556 g/mol. The van der Waals surface area contributed by atoms with E-state index in [0.717, 1.165) is 16.8 Å². The van der Waals surface area contributed by atoms with Crippen LogP contribution in [-0.2, 0) is 6.54 Å². The van der Waals surface area contributed by atoms with Crippen LogP contribution in [0.15, 0.2) is 170 Å². The van der Waals surface area contributed by atoms with E-state index in [4.69, 9.17) is 5.73 Å². The van der Waals surface area contributed by atoms with Crippen LogP contribution in [0.25, 0.3) is 59.9 Å². The summed E-state index contributed by atoms with van der Waals surface area (Å²) in [6.07, 6.45) is 2.18. The normalized spacial score (nSPS) is 12.6. The van der Waals surface area contributed by atoms with Crippen LogP contribution in [0.3, 0.4) is 0 Å². The van der Waals surface area contributed by atoms with Crippen LogP contribution >= 0.6 is 0 Å². The molecule has 0 saturated heterocycles. The Morgan fingerprint density at radius 3 is 2.02 bits per heavy atom. The van der Waals surface area contributed by atoms with Gasteiger partial charge in [0.1, 0.15) is 0 Å². The third-order valence-corrected chi connectivity index (χ3v) is 9.15. The molecule has 0 spiro atoms. The SMILES string of the molecule is NC(/C=C(\NCc1c2ccccc2cc2c1ccc1ccccc12)c1ccccc1-c1ccc2ccccc2c1)c1ccccc1. The van der Waals surface area contributed by atoms with Gasteiger partial charge in [-0.3, -0.25) is 0 Å². The molecule has 0 aromatic heterocycles. The maximum absolute atomic E-state index is 6.89. The second-order valence-corrected chi connectivity index (χ2v) is 11.9. The monoisotopic (exact) mass is 590 g/mol. The fourth-order valence-electron chi connectivity index (χ4n) is 6.81. The lowest BCUT2D eigenvalue weighted by Gasteiger charge is -2.20. The van der Waals surface area contributed by atoms with Gasteiger partial charge in [-0.15, -0.1) is 0 Å². The van der Waals surface area contributed by atoms with Gasteiger partial charge >= 0.3 is 0 Å². The van der Waals surface area contributed by atoms with Crippen LogP contribution in [-0.4, -0.2) is 0 Å². The van der Waals surface area contributed by atoms with Crippen molar-refractivity contribution in [2.24, 2.45) is 5.73 Å². The number of nitrogens with one attached hydrogen (secondary N) is 1. The minimum atomic E-state index is -0.276. The fraction of sp³-hybridized carbons (Fsp3) is 0.0455. The first-order valence-corrected chi connectivity index (χ1v) is 15.9. The maximum atomic E-state index is 6.89. The van der Waals surface area contributed by atoms with Crippen LogP contribution in [0.1, 0.15) is 22.7 Å². The molecule has 2 nitrogen and oxygen atoms in total. The minimum absolute atomic E-state index is 0.276. The molecule has 8 aromatic rings. The molecule has 8 rings (SSSR count). The van der Waals surface area contributed by atoms with E-state index in [-0.39, 0.29) is 6.04 Å². The Bertz CT molecular complexity index is 2390. The summed E-state index contributed by atoms with van der Waals surface area (Å²) in [5.41, 5.74) is 13.7. The summed E-state index contributed by atoms with van der Waals surface area (Å²) in [5.74, 6) is 0. The molecular formula is C44H34N2. The van der Waals surface area contributed by atoms with Gasteiger partial charge in [0.05, 0.1) is 6.04 Å². The maximum Gasteiger partial charge on any atom is 0.0504 e. The van der Waals surface area contributed by atoms with Gasteiger partial charge in [0.2, 0.25) is 0 Å². The average Bonchev–Trinajstić information content (AvgIpc) is 3.13. The van der Waals surface area contributed by atoms with Crippen molar-refractivity contribution in [2.45, 2.75) is 12.6 Å². The first-order chi connectivity index (χ1) is 22.7. The highest BCUT2D eigenvalue weighted by Gasteiger charge is 2.15. The number of nitrogens with two attached hydrogens (primary N) is 1. The molecule has 0 aliphatic rings. The van der Waals surface area contributed by atoms with Gasteiger partial charge in [-0.1, -0.05) is 152 Å². The zero-order valence-corrected chi connectivity index (χ0v) is 25.5. The van der Waals surface area contributed by atoms with E-state index < -0.39 is 0 Å². The molecule has 46 heavy (non-hydrogen) atoms. The number of benzene rings is 8. The average molecular weight is 591 g/mol. The molecule has 2 heteroatoms. The van der Waals surface area contributed by atoms with Crippen LogP contribution in [0, 0.1) is 0 Å². The smallest absolute Gasteiger partial charge is 0.0504 e. The van der Waals surface area contributed by atoms with Gasteiger partial charge in [-0.25, -0.2) is 0 Å². The van der Waals surface area contributed by atoms with Crippen molar-refractivity contribution >= 4 is 48.8 Å². The third kappa shape index (κ3) is 5.19. The number of rotatable bonds is 7. The molecule has 220 valence electrons. The van der Waals surface area contributed by atoms with Crippen molar-refractivity contribution in [2.75, 3.05) is 0 Å². The van der Waals surface area contributed by atoms with Crippen LogP contribution < -0.4 is 11.1 Å². The second-order valence-electron chi connectivity index (χ2n) is 11.9. The Morgan fingerprint density at radius 1 is 0.522 bits per heavy atom. The number of hydrogen-bond acceptors (Lipinski definition) is 2. The van der Waals surface area contributed by atoms with Gasteiger partial charge in [0, 0.05) is 17.8 Å². The molecule has 8 aromatic carbocycles. The van der Waals surface area contributed by atoms with Gasteiger partial charge < -0.3 is 11.1 Å². The van der Waals surface area contributed by atoms with Gasteiger partial charge in [0.15, 0.2) is 0 Å². The van der Waals surface area contributed by atoms with Crippen molar-refractivity contribution in [1.29, 1.82) is 0 Å². The Kier molecular flexibility index (Phi) is 7.26. The van der Waals surface area contributed by atoms with E-state index in [1.807, 2.05) is 18.2 Å². The first-order valence-electron chi connectivity index (χ1n) is 15.9. The van der Waals surface area contributed by atoms with E-state index >= 15 is 0 Å². The van der Waals surface area contributed by atoms with E-state index in [0.29, 0.717) is 6.54 Å². The van der Waals surface area contributed by atoms with Crippen molar-refractivity contribution < 1.29 is 0 Å². The van der Waals surface area contributed by atoms with Gasteiger partial charge in [-0.2, -0.15) is 0 Å². The van der Waals surface area contributed by atoms with E-state index in [9.17, 15) is 0 Å². The first kappa shape index (κ1) is 27.8. The van der Waals surface area contributed by atoms with Gasteiger partial charge in [0.25, 0.3) is 0 Å². The topological polar surface area (TPSA) is 38.0 Å². The molecule has 0 aliphatic heterocycles. The summed E-state index contributed by atoms with van der Waals surface area (Å²) in [5, 5.41) is 13.9. The summed E-state index contributed by atoms with van der Waals surface area (Å²) in [7, 11) is 0. The summed E-state index contributed by atoms with van der Waals surface area (Å²) < 4.78 is 0. The van der Waals surface area contributed by atoms with E-state index in [1.54, 1.807) is 0 Å². The number of hydrogen-bond donors (Lipinski definition) is 2. The predicted octanol–water partition coefficient (Wildman–Crippen LogP) is 10.8. The van der Waals surface area contributed by atoms with Gasteiger partial charge in [-0.05, 0) is 83.6 Å². The molecule has 0 amide bonds. The fourth-order valence-corrected chi connectivity index (χ4v) is 6.81. The van der Waals surface area contributed by atoms with Crippen LogP contribution in [0.4, 0.5) is 0 Å². The zero-order chi connectivity index (χ0) is 30.9. The van der Waals surface area contributed by atoms with Crippen molar-refractivity contribution in [3.63, 3.8) is 0 Å². The highest BCUT2D eigenvalue weighted by Crippen LogP contribution is 2.35. The molecule has 0 radical (unpaired) electrons. The Balaban J connectivity index is 1.28. The summed E-state index contributed by atoms with van der Waals surface area (Å²) in [6, 6.07) is 58.2. The van der Waals surface area contributed by atoms with Crippen molar-refractivity contribution in [3.05, 3.63) is 187 Å². The quantitative estimate of drug-likeness (QED) is 0.143. The third-order valence-electron chi connectivity index (χ3n) is 9.15. The molecule has 0 fully saturated rings. The highest BCUT2D eigenvalue weighted by molar-refractivity contribution is 6.14. The Hall–Kier alpha value is -5.70. The van der Waals surface area contributed by atoms with Crippen molar-refractivity contribution in [3.8, 4) is 11.1 Å². The summed E-state index contributed by atoms with van der Waals surface area (Å²) >= 11 is 0. The molecule has 0 saturated carbocycles. The lowest BCUT2D eigenvalue weighted by Crippen LogP contribution is -2.17. The second kappa shape index (κ2) is 12.0. The Labute approximate surface area is 269 Å². The van der Waals surface area contributed by atoms with E-state index in [2.05, 4.69) is 157 Å². The molecule has 0 heterocycles. The largest absolute Gasteiger partial charge is 0.381 e. The predicted molar refractivity (Wildman–Crippen MR) is 197 cm³/mol. The zero-order valence-electron chi connectivity index (χ0n) is 25.5. The summed E-state index contributed by atoms with van der Waals surface area (Å²) in [6.45, 7) is 0.648. The molecule has 1 unspecified atom stereocenters. The lowest BCUT2D eigenvalue weighted by molar-refractivity contribution is 0.865. The Morgan fingerprint density at radius 2 is 1.17 bits per heavy atom. The van der Waals surface area contributed by atoms with E-state index in [1.165, 1.54) is 59.8 Å². The van der Waals surface area contributed by atoms with Crippen LogP contribution in [0.2, 0.25) is 0 Å². The standard InChI is InChI=1S/C44H34N2/c45-43(32-14-2-1-3-15-32)28-44(40-21-11-10-19-37(40)35-23-22-30-12-4-5-16-33(30)26-35)46-29-42-38-20-9-7-17-34(38)27-41-36-18-8-6-13-31(36)24-25-39(41)42/h1-28,43,46H,29,45H2/b44-28-. The minimum Gasteiger partial charge on any atom is -0.381 e. The van der Waals surface area contributed by atoms with Crippen LogP contribution in [0.5, 0.6) is 0 Å².